The minimum atomic E-state index is -4.51. The van der Waals surface area contributed by atoms with Gasteiger partial charge in [-0.2, -0.15) is 18.3 Å². The maximum absolute atomic E-state index is 13.4. The number of amides is 2. The second-order valence-corrected chi connectivity index (χ2v) is 9.43. The molecule has 4 aromatic rings. The van der Waals surface area contributed by atoms with Crippen LogP contribution in [0, 0.1) is 0 Å². The summed E-state index contributed by atoms with van der Waals surface area (Å²) in [6.45, 7) is 0. The van der Waals surface area contributed by atoms with E-state index in [1.807, 2.05) is 6.07 Å². The Kier molecular flexibility index (Phi) is 7.45. The van der Waals surface area contributed by atoms with E-state index in [-0.39, 0.29) is 35.1 Å². The molecule has 1 fully saturated rings. The molecule has 1 saturated carbocycles. The summed E-state index contributed by atoms with van der Waals surface area (Å²) in [6, 6.07) is 17.1. The number of nitrogens with zero attached hydrogens (tertiary/aromatic N) is 3. The van der Waals surface area contributed by atoms with E-state index in [0.29, 0.717) is 0 Å². The second kappa shape index (κ2) is 11.1. The molecule has 0 unspecified atom stereocenters. The number of Topliss-reactive ketones (excluding diaryl/α,β-unsaturated/α-hetero) is 1. The topological polar surface area (TPSA) is 106 Å². The monoisotopic (exact) mass is 547 g/mol. The van der Waals surface area contributed by atoms with E-state index in [2.05, 4.69) is 20.7 Å². The Balaban J connectivity index is 1.40. The fourth-order valence-corrected chi connectivity index (χ4v) is 4.14. The Morgan fingerprint density at radius 3 is 2.48 bits per heavy atom. The summed E-state index contributed by atoms with van der Waals surface area (Å²) in [7, 11) is 0. The molecule has 1 atom stereocenters. The fourth-order valence-electron chi connectivity index (χ4n) is 4.14. The van der Waals surface area contributed by atoms with E-state index in [4.69, 9.17) is 0 Å². The van der Waals surface area contributed by atoms with Crippen LogP contribution in [0.2, 0.25) is 0 Å². The third kappa shape index (κ3) is 6.25. The van der Waals surface area contributed by atoms with Gasteiger partial charge in [0, 0.05) is 30.4 Å². The molecule has 2 N–H and O–H groups in total. The molecule has 2 heterocycles. The predicted octanol–water partition coefficient (Wildman–Crippen LogP) is 4.14. The lowest BCUT2D eigenvalue weighted by molar-refractivity contribution is -0.139. The van der Waals surface area contributed by atoms with Crippen LogP contribution in [-0.2, 0) is 22.2 Å². The van der Waals surface area contributed by atoms with Gasteiger partial charge in [0.15, 0.2) is 5.82 Å². The summed E-state index contributed by atoms with van der Waals surface area (Å²) in [4.78, 5) is 43.3. The number of ketones is 1. The molecule has 8 nitrogen and oxygen atoms in total. The third-order valence-corrected chi connectivity index (χ3v) is 6.36. The Hall–Kier alpha value is -4.80. The molecule has 204 valence electrons. The van der Waals surface area contributed by atoms with Crippen LogP contribution < -0.4 is 10.6 Å². The number of alkyl halides is 3. The fraction of sp³-hybridized carbons (Fsp3) is 0.207. The van der Waals surface area contributed by atoms with E-state index in [1.54, 1.807) is 24.3 Å². The summed E-state index contributed by atoms with van der Waals surface area (Å²) in [5, 5.41) is 9.68. The van der Waals surface area contributed by atoms with Crippen molar-refractivity contribution in [2.75, 3.05) is 0 Å². The van der Waals surface area contributed by atoms with Crippen LogP contribution in [0.4, 0.5) is 13.2 Å². The predicted molar refractivity (Wildman–Crippen MR) is 139 cm³/mol. The van der Waals surface area contributed by atoms with Crippen molar-refractivity contribution in [1.82, 2.24) is 25.4 Å². The van der Waals surface area contributed by atoms with Crippen LogP contribution in [0.5, 0.6) is 0 Å². The van der Waals surface area contributed by atoms with Crippen molar-refractivity contribution in [3.63, 3.8) is 0 Å². The number of pyridine rings is 1. The molecule has 11 heteroatoms. The van der Waals surface area contributed by atoms with E-state index in [1.165, 1.54) is 47.4 Å². The van der Waals surface area contributed by atoms with Crippen molar-refractivity contribution >= 4 is 17.6 Å². The number of hydrogen-bond donors (Lipinski definition) is 2. The zero-order chi connectivity index (χ0) is 28.3. The molecular formula is C29H24F3N5O3. The Morgan fingerprint density at radius 2 is 1.75 bits per heavy atom. The quantitative estimate of drug-likeness (QED) is 0.307. The number of benzene rings is 2. The van der Waals surface area contributed by atoms with Crippen LogP contribution in [0.25, 0.3) is 17.1 Å². The van der Waals surface area contributed by atoms with Crippen molar-refractivity contribution in [2.24, 2.45) is 0 Å². The van der Waals surface area contributed by atoms with Crippen molar-refractivity contribution < 1.29 is 27.6 Å². The first kappa shape index (κ1) is 26.8. The maximum atomic E-state index is 13.4. The Labute approximate surface area is 227 Å². The highest BCUT2D eigenvalue weighted by molar-refractivity contribution is 6.38. The minimum absolute atomic E-state index is 0.0275. The largest absolute Gasteiger partial charge is 0.416 e. The van der Waals surface area contributed by atoms with Crippen molar-refractivity contribution in [2.45, 2.75) is 37.5 Å². The standard InChI is InChI=1S/C29H24F3N5O3/c30-29(31,32)20-9-4-8-19(17-20)23-13-15-37(36-23)26-22(10-5-14-33-26)27(39)35-24(16-18-6-2-1-3-7-18)25(38)28(40)34-21-11-12-21/h1-10,13-15,17,21,24H,11-12,16H2,(H,34,40)(H,35,39)/t24-/m1/s1. The number of nitrogens with one attached hydrogen (secondary N) is 2. The normalized spacial score (nSPS) is 13.9. The van der Waals surface area contributed by atoms with Crippen LogP contribution in [0.3, 0.4) is 0 Å². The molecule has 0 spiro atoms. The third-order valence-electron chi connectivity index (χ3n) is 6.36. The van der Waals surface area contributed by atoms with Crippen molar-refractivity contribution in [1.29, 1.82) is 0 Å². The van der Waals surface area contributed by atoms with Gasteiger partial charge in [0.2, 0.25) is 5.78 Å². The van der Waals surface area contributed by atoms with E-state index in [9.17, 15) is 27.6 Å². The van der Waals surface area contributed by atoms with Crippen molar-refractivity contribution in [3.05, 3.63) is 102 Å². The number of aromatic nitrogens is 3. The highest BCUT2D eigenvalue weighted by Gasteiger charge is 2.33. The molecular weight excluding hydrogens is 523 g/mol. The molecule has 5 rings (SSSR count). The SMILES string of the molecule is O=C(NC1CC1)C(=O)[C@@H](Cc1ccccc1)NC(=O)c1cccnc1-n1ccc(-c2cccc(C(F)(F)F)c2)n1. The lowest BCUT2D eigenvalue weighted by Gasteiger charge is -2.18. The number of halogens is 3. The average molecular weight is 548 g/mol. The minimum Gasteiger partial charge on any atom is -0.347 e. The summed E-state index contributed by atoms with van der Waals surface area (Å²) in [5.74, 6) is -2.08. The Morgan fingerprint density at radius 1 is 0.975 bits per heavy atom. The number of carbonyl (C=O) groups is 3. The van der Waals surface area contributed by atoms with Gasteiger partial charge in [-0.3, -0.25) is 14.4 Å². The lowest BCUT2D eigenvalue weighted by atomic mass is 10.0. The zero-order valence-electron chi connectivity index (χ0n) is 21.1. The summed E-state index contributed by atoms with van der Waals surface area (Å²) < 4.78 is 40.8. The molecule has 40 heavy (non-hydrogen) atoms. The molecule has 0 radical (unpaired) electrons. The average Bonchev–Trinajstić information content (AvgIpc) is 3.63. The van der Waals surface area contributed by atoms with Crippen LogP contribution in [-0.4, -0.2) is 44.4 Å². The molecule has 0 bridgehead atoms. The van der Waals surface area contributed by atoms with Crippen LogP contribution in [0.15, 0.2) is 85.2 Å². The summed E-state index contributed by atoms with van der Waals surface area (Å²) in [5.41, 5.74) is 0.499. The van der Waals surface area contributed by atoms with Gasteiger partial charge in [0.05, 0.1) is 16.8 Å². The number of hydrogen-bond acceptors (Lipinski definition) is 5. The Bertz CT molecular complexity index is 1550. The van der Waals surface area contributed by atoms with E-state index < -0.39 is 35.4 Å². The number of carbonyl (C=O) groups excluding carboxylic acids is 3. The molecule has 1 aliphatic rings. The molecule has 2 amide bonds. The number of rotatable bonds is 9. The van der Waals surface area contributed by atoms with Gasteiger partial charge in [-0.05, 0) is 48.7 Å². The summed E-state index contributed by atoms with van der Waals surface area (Å²) in [6.07, 6.45) is 0.118. The van der Waals surface area contributed by atoms with Crippen LogP contribution >= 0.6 is 0 Å². The van der Waals surface area contributed by atoms with Crippen molar-refractivity contribution in [3.8, 4) is 17.1 Å². The van der Waals surface area contributed by atoms with E-state index in [0.717, 1.165) is 30.5 Å². The van der Waals surface area contributed by atoms with Gasteiger partial charge in [-0.25, -0.2) is 9.67 Å². The molecule has 2 aromatic heterocycles. The first-order valence-corrected chi connectivity index (χ1v) is 12.6. The lowest BCUT2D eigenvalue weighted by Crippen LogP contribution is -2.49. The van der Waals surface area contributed by atoms with Gasteiger partial charge >= 0.3 is 6.18 Å². The van der Waals surface area contributed by atoms with Gasteiger partial charge < -0.3 is 10.6 Å². The zero-order valence-corrected chi connectivity index (χ0v) is 21.1. The van der Waals surface area contributed by atoms with Gasteiger partial charge in [0.1, 0.15) is 6.04 Å². The smallest absolute Gasteiger partial charge is 0.347 e. The van der Waals surface area contributed by atoms with Crippen LogP contribution in [0.1, 0.15) is 34.3 Å². The molecule has 2 aromatic carbocycles. The second-order valence-electron chi connectivity index (χ2n) is 9.43. The van der Waals surface area contributed by atoms with Gasteiger partial charge in [0.25, 0.3) is 11.8 Å². The van der Waals surface area contributed by atoms with Gasteiger partial charge in [-0.15, -0.1) is 0 Å². The molecule has 0 aliphatic heterocycles. The van der Waals surface area contributed by atoms with E-state index >= 15 is 0 Å². The molecule has 0 saturated heterocycles. The highest BCUT2D eigenvalue weighted by Crippen LogP contribution is 2.32. The first-order valence-electron chi connectivity index (χ1n) is 12.6. The highest BCUT2D eigenvalue weighted by atomic mass is 19.4. The summed E-state index contributed by atoms with van der Waals surface area (Å²) >= 11 is 0. The van der Waals surface area contributed by atoms with Gasteiger partial charge in [-0.1, -0.05) is 42.5 Å². The first-order chi connectivity index (χ1) is 19.2. The maximum Gasteiger partial charge on any atom is 0.416 e. The molecule has 1 aliphatic carbocycles.